The molecule has 0 amide bonds. The lowest BCUT2D eigenvalue weighted by Gasteiger charge is -2.35. The number of hydrogen-bond acceptors (Lipinski definition) is 2. The molecule has 10 aromatic rings. The van der Waals surface area contributed by atoms with E-state index in [0.717, 1.165) is 51.7 Å². The fourth-order valence-electron chi connectivity index (χ4n) is 10.4. The lowest BCUT2D eigenvalue weighted by atomic mass is 10.0. The van der Waals surface area contributed by atoms with Crippen LogP contribution in [0, 0.1) is 0 Å². The highest BCUT2D eigenvalue weighted by Gasteiger charge is 2.20. The van der Waals surface area contributed by atoms with Crippen LogP contribution in [0.5, 0.6) is 0 Å². The van der Waals surface area contributed by atoms with Gasteiger partial charge in [-0.2, -0.15) is 0 Å². The van der Waals surface area contributed by atoms with Crippen LogP contribution in [0.4, 0.5) is 34.1 Å². The summed E-state index contributed by atoms with van der Waals surface area (Å²) in [5.74, 6) is 0. The number of nitrogens with zero attached hydrogens (tertiary/aromatic N) is 3. The highest BCUT2D eigenvalue weighted by Crippen LogP contribution is 2.40. The summed E-state index contributed by atoms with van der Waals surface area (Å²) in [6, 6.07) is 78.0. The molecule has 0 aliphatic carbocycles. The number of benzene rings is 10. The van der Waals surface area contributed by atoms with Gasteiger partial charge in [0, 0.05) is 34.1 Å². The van der Waals surface area contributed by atoms with Gasteiger partial charge in [-0.25, -0.2) is 0 Å². The van der Waals surface area contributed by atoms with E-state index in [0.29, 0.717) is 0 Å². The van der Waals surface area contributed by atoms with Gasteiger partial charge in [0.15, 0.2) is 0 Å². The first-order chi connectivity index (χ1) is 34.0. The molecule has 342 valence electrons. The Bertz CT molecular complexity index is 3270. The number of aryl methyl sites for hydroxylation is 1. The molecule has 0 heterocycles. The second-order valence-corrected chi connectivity index (χ2v) is 18.8. The molecule has 0 aromatic heterocycles. The fraction of sp³-hybridized carbons (Fsp3) is 0.182. The van der Waals surface area contributed by atoms with Crippen molar-refractivity contribution in [2.45, 2.75) is 52.9 Å². The van der Waals surface area contributed by atoms with Gasteiger partial charge in [-0.15, -0.1) is 0 Å². The van der Waals surface area contributed by atoms with Gasteiger partial charge < -0.3 is 14.3 Å². The number of hydrogen-bond donors (Lipinski definition) is 0. The molecule has 0 atom stereocenters. The molecule has 0 N–H and O–H groups in total. The zero-order valence-corrected chi connectivity index (χ0v) is 40.6. The zero-order valence-electron chi connectivity index (χ0n) is 40.6. The van der Waals surface area contributed by atoms with Gasteiger partial charge in [0.25, 0.3) is 0 Å². The largest absolute Gasteiger partial charge is 0.324 e. The van der Waals surface area contributed by atoms with E-state index in [1.165, 1.54) is 105 Å². The van der Waals surface area contributed by atoms with Crippen LogP contribution in [-0.2, 0) is 6.42 Å². The van der Waals surface area contributed by atoms with Crippen molar-refractivity contribution in [3.8, 4) is 0 Å². The number of fused-ring (bicyclic) bond motifs is 4. The highest BCUT2D eigenvalue weighted by molar-refractivity contribution is 5.94. The number of rotatable bonds is 18. The minimum atomic E-state index is 1.11. The summed E-state index contributed by atoms with van der Waals surface area (Å²) in [6.45, 7) is 12.1. The molecule has 0 bridgehead atoms. The van der Waals surface area contributed by atoms with Gasteiger partial charge in [-0.1, -0.05) is 158 Å². The Labute approximate surface area is 409 Å². The Morgan fingerprint density at radius 2 is 0.652 bits per heavy atom. The molecule has 69 heavy (non-hydrogen) atoms. The molecule has 0 saturated carbocycles. The second-order valence-electron chi connectivity index (χ2n) is 18.8. The standard InChI is InChI=1S/C66H64N3/c1-4-69(5-2,6-3)44-16-8-7-9-17-52-26-31-60-49-66(43-35-59(60)45-52)68(65-42-34-55-20-12-15-23-58(55)48-65)62-38-29-51(30-39-62)25-24-50-27-36-61(37-28-50)67(63-40-32-53-18-10-13-21-56(53)46-63)64-41-33-54-19-11-14-22-57(54)47-64/h10-15,18-43,45-49H,4-9,16-17,44H2,1-3H3/q+1/b25-24+. The van der Waals surface area contributed by atoms with E-state index in [4.69, 9.17) is 0 Å². The molecule has 0 saturated heterocycles. The average molecular weight is 899 g/mol. The van der Waals surface area contributed by atoms with Crippen LogP contribution in [0.15, 0.2) is 212 Å². The maximum Gasteiger partial charge on any atom is 0.0786 e. The van der Waals surface area contributed by atoms with Crippen molar-refractivity contribution in [1.29, 1.82) is 0 Å². The van der Waals surface area contributed by atoms with Crippen LogP contribution in [0.3, 0.4) is 0 Å². The number of unbranched alkanes of at least 4 members (excludes halogenated alkanes) is 3. The molecule has 0 fully saturated rings. The van der Waals surface area contributed by atoms with Gasteiger partial charge in [-0.05, 0) is 179 Å². The molecule has 3 heteroatoms. The minimum absolute atomic E-state index is 1.11. The first-order valence-electron chi connectivity index (χ1n) is 25.3. The summed E-state index contributed by atoms with van der Waals surface area (Å²) in [5.41, 5.74) is 10.5. The summed E-state index contributed by atoms with van der Waals surface area (Å²) in [6.07, 6.45) is 10.8. The van der Waals surface area contributed by atoms with Crippen LogP contribution in [0.25, 0.3) is 55.2 Å². The molecular weight excluding hydrogens is 835 g/mol. The van der Waals surface area contributed by atoms with E-state index in [2.05, 4.69) is 255 Å². The molecule has 0 spiro atoms. The summed E-state index contributed by atoms with van der Waals surface area (Å²) >= 11 is 0. The molecule has 10 aromatic carbocycles. The number of anilines is 6. The zero-order chi connectivity index (χ0) is 47.0. The molecule has 0 radical (unpaired) electrons. The van der Waals surface area contributed by atoms with Gasteiger partial charge in [-0.3, -0.25) is 0 Å². The second kappa shape index (κ2) is 20.8. The third kappa shape index (κ3) is 10.2. The predicted octanol–water partition coefficient (Wildman–Crippen LogP) is 18.4. The van der Waals surface area contributed by atoms with Crippen LogP contribution in [-0.4, -0.2) is 30.7 Å². The Hall–Kier alpha value is -7.46. The summed E-state index contributed by atoms with van der Waals surface area (Å²) in [7, 11) is 0. The Morgan fingerprint density at radius 1 is 0.319 bits per heavy atom. The van der Waals surface area contributed by atoms with Crippen molar-refractivity contribution < 1.29 is 4.48 Å². The summed E-state index contributed by atoms with van der Waals surface area (Å²) < 4.78 is 1.26. The smallest absolute Gasteiger partial charge is 0.0786 e. The molecule has 0 aliphatic rings. The topological polar surface area (TPSA) is 6.48 Å². The average Bonchev–Trinajstić information content (AvgIpc) is 3.41. The normalized spacial score (nSPS) is 11.9. The lowest BCUT2D eigenvalue weighted by molar-refractivity contribution is -0.923. The van der Waals surface area contributed by atoms with Gasteiger partial charge in [0.2, 0.25) is 0 Å². The minimum Gasteiger partial charge on any atom is -0.324 e. The summed E-state index contributed by atoms with van der Waals surface area (Å²) in [4.78, 5) is 4.75. The van der Waals surface area contributed by atoms with Gasteiger partial charge in [0.05, 0.1) is 26.2 Å². The van der Waals surface area contributed by atoms with E-state index in [9.17, 15) is 0 Å². The SMILES string of the molecule is CC[N+](CC)(CC)CCCCCCc1ccc2cc(N(c3ccc(/C=C/c4ccc(N(c5ccc6ccccc6c5)c5ccc6ccccc6c5)cc4)cc3)c3ccc4ccccc4c3)ccc2c1. The molecule has 0 unspecified atom stereocenters. The Morgan fingerprint density at radius 3 is 1.07 bits per heavy atom. The fourth-order valence-corrected chi connectivity index (χ4v) is 10.4. The van der Waals surface area contributed by atoms with Gasteiger partial charge >= 0.3 is 0 Å². The van der Waals surface area contributed by atoms with E-state index in [1.807, 2.05) is 0 Å². The van der Waals surface area contributed by atoms with Gasteiger partial charge in [0.1, 0.15) is 0 Å². The lowest BCUT2D eigenvalue weighted by Crippen LogP contribution is -2.48. The molecular formula is C66H64N3+. The van der Waals surface area contributed by atoms with Crippen molar-refractivity contribution in [3.63, 3.8) is 0 Å². The third-order valence-corrected chi connectivity index (χ3v) is 14.8. The van der Waals surface area contributed by atoms with Crippen molar-refractivity contribution in [1.82, 2.24) is 0 Å². The van der Waals surface area contributed by atoms with Crippen molar-refractivity contribution >= 4 is 89.4 Å². The third-order valence-electron chi connectivity index (χ3n) is 14.8. The number of quaternary nitrogens is 1. The van der Waals surface area contributed by atoms with Crippen LogP contribution < -0.4 is 9.80 Å². The molecule has 0 aliphatic heterocycles. The van der Waals surface area contributed by atoms with Crippen molar-refractivity contribution in [2.75, 3.05) is 36.0 Å². The molecule has 10 rings (SSSR count). The van der Waals surface area contributed by atoms with Crippen molar-refractivity contribution in [2.24, 2.45) is 0 Å². The monoisotopic (exact) mass is 899 g/mol. The van der Waals surface area contributed by atoms with Crippen LogP contribution in [0.2, 0.25) is 0 Å². The quantitative estimate of drug-likeness (QED) is 0.0481. The van der Waals surface area contributed by atoms with E-state index >= 15 is 0 Å². The predicted molar refractivity (Wildman–Crippen MR) is 300 cm³/mol. The van der Waals surface area contributed by atoms with E-state index in [-0.39, 0.29) is 0 Å². The first-order valence-corrected chi connectivity index (χ1v) is 25.3. The Balaban J connectivity index is 0.874. The highest BCUT2D eigenvalue weighted by atomic mass is 15.3. The van der Waals surface area contributed by atoms with Crippen molar-refractivity contribution in [3.05, 3.63) is 229 Å². The summed E-state index contributed by atoms with van der Waals surface area (Å²) in [5, 5.41) is 9.95. The molecule has 3 nitrogen and oxygen atoms in total. The van der Waals surface area contributed by atoms with Crippen LogP contribution in [0.1, 0.15) is 63.1 Å². The first kappa shape index (κ1) is 45.3. The maximum absolute atomic E-state index is 2.41. The van der Waals surface area contributed by atoms with E-state index < -0.39 is 0 Å². The van der Waals surface area contributed by atoms with E-state index in [1.54, 1.807) is 0 Å². The maximum atomic E-state index is 2.41. The van der Waals surface area contributed by atoms with Crippen LogP contribution >= 0.6 is 0 Å². The Kier molecular flexibility index (Phi) is 13.7.